The van der Waals surface area contributed by atoms with Gasteiger partial charge in [-0.2, -0.15) is 0 Å². The van der Waals surface area contributed by atoms with Crippen LogP contribution in [0, 0.1) is 6.92 Å². The fraction of sp³-hybridized carbons (Fsp3) is 0.296. The van der Waals surface area contributed by atoms with Crippen molar-refractivity contribution in [3.63, 3.8) is 0 Å². The van der Waals surface area contributed by atoms with Gasteiger partial charge < -0.3 is 14.8 Å². The first-order valence-corrected chi connectivity index (χ1v) is 13.1. The van der Waals surface area contributed by atoms with Gasteiger partial charge >= 0.3 is 0 Å². The van der Waals surface area contributed by atoms with Crippen LogP contribution in [0.25, 0.3) is 11.1 Å². The number of carbonyl (C=O) groups is 1. The second-order valence-corrected chi connectivity index (χ2v) is 11.1. The van der Waals surface area contributed by atoms with E-state index in [0.29, 0.717) is 17.2 Å². The van der Waals surface area contributed by atoms with Gasteiger partial charge in [-0.1, -0.05) is 24.3 Å². The Labute approximate surface area is 208 Å². The van der Waals surface area contributed by atoms with Crippen molar-refractivity contribution >= 4 is 21.6 Å². The van der Waals surface area contributed by atoms with E-state index in [1.807, 2.05) is 43.3 Å². The van der Waals surface area contributed by atoms with Crippen LogP contribution >= 0.6 is 0 Å². The molecule has 0 saturated heterocycles. The zero-order valence-electron chi connectivity index (χ0n) is 19.9. The van der Waals surface area contributed by atoms with Crippen LogP contribution in [0.3, 0.4) is 0 Å². The maximum absolute atomic E-state index is 13.3. The van der Waals surface area contributed by atoms with Crippen LogP contribution in [-0.4, -0.2) is 27.2 Å². The van der Waals surface area contributed by atoms with E-state index in [0.717, 1.165) is 35.1 Å². The highest BCUT2D eigenvalue weighted by Gasteiger charge is 2.51. The van der Waals surface area contributed by atoms with E-state index >= 15 is 0 Å². The summed E-state index contributed by atoms with van der Waals surface area (Å²) in [6, 6.07) is 18.1. The lowest BCUT2D eigenvalue weighted by atomic mass is 9.94. The number of rotatable bonds is 7. The van der Waals surface area contributed by atoms with Crippen molar-refractivity contribution in [1.29, 1.82) is 0 Å². The Kier molecular flexibility index (Phi) is 5.81. The number of hydrogen-bond acceptors (Lipinski definition) is 5. The van der Waals surface area contributed by atoms with Gasteiger partial charge in [0.15, 0.2) is 11.5 Å². The highest BCUT2D eigenvalue weighted by atomic mass is 32.2. The predicted octanol–water partition coefficient (Wildman–Crippen LogP) is 5.24. The number of sulfonamides is 1. The number of fused-ring (bicyclic) bond motifs is 1. The summed E-state index contributed by atoms with van der Waals surface area (Å²) in [7, 11) is -3.56. The largest absolute Gasteiger partial charge is 0.454 e. The summed E-state index contributed by atoms with van der Waals surface area (Å²) in [6.45, 7) is 5.76. The van der Waals surface area contributed by atoms with Crippen LogP contribution in [0.5, 0.6) is 11.5 Å². The molecule has 5 rings (SSSR count). The Hall–Kier alpha value is -3.36. The molecule has 1 fully saturated rings. The molecule has 2 N–H and O–H groups in total. The van der Waals surface area contributed by atoms with E-state index in [9.17, 15) is 13.2 Å². The van der Waals surface area contributed by atoms with Crippen LogP contribution in [-0.2, 0) is 20.2 Å². The first-order valence-electron chi connectivity index (χ1n) is 11.6. The summed E-state index contributed by atoms with van der Waals surface area (Å²) in [5, 5.41) is 3.09. The molecule has 1 saturated carbocycles. The molecule has 0 aromatic heterocycles. The van der Waals surface area contributed by atoms with Gasteiger partial charge in [-0.05, 0) is 92.3 Å². The van der Waals surface area contributed by atoms with Crippen molar-refractivity contribution in [2.45, 2.75) is 50.0 Å². The van der Waals surface area contributed by atoms with Gasteiger partial charge in [0.2, 0.25) is 22.7 Å². The summed E-state index contributed by atoms with van der Waals surface area (Å²) in [5.74, 6) is 1.33. The Balaban J connectivity index is 0.00000190. The minimum atomic E-state index is -3.56. The Morgan fingerprint density at radius 1 is 0.971 bits per heavy atom. The average molecular weight is 497 g/mol. The van der Waals surface area contributed by atoms with Gasteiger partial charge in [0.1, 0.15) is 0 Å². The minimum absolute atomic E-state index is 0. The maximum atomic E-state index is 13.3. The number of anilines is 1. The SMILES string of the molecule is Cc1ccc(NC(=O)C2(c3ccc4c(c3)OCO4)CC2)cc1-c1ccc(S(=O)(=O)NC(C)C)cc1.[HH].[HH]. The van der Waals surface area contributed by atoms with Gasteiger partial charge in [-0.3, -0.25) is 4.79 Å². The van der Waals surface area contributed by atoms with Crippen molar-refractivity contribution in [3.8, 4) is 22.6 Å². The van der Waals surface area contributed by atoms with Gasteiger partial charge in [0.05, 0.1) is 10.3 Å². The molecule has 1 amide bonds. The maximum Gasteiger partial charge on any atom is 0.240 e. The molecule has 7 nitrogen and oxygen atoms in total. The third-order valence-electron chi connectivity index (χ3n) is 6.47. The van der Waals surface area contributed by atoms with E-state index in [-0.39, 0.29) is 26.5 Å². The van der Waals surface area contributed by atoms with Crippen molar-refractivity contribution in [1.82, 2.24) is 4.72 Å². The van der Waals surface area contributed by atoms with Crippen LogP contribution in [0.15, 0.2) is 65.6 Å². The third kappa shape index (κ3) is 4.51. The molecule has 0 spiro atoms. The molecule has 35 heavy (non-hydrogen) atoms. The topological polar surface area (TPSA) is 93.7 Å². The van der Waals surface area contributed by atoms with E-state index in [2.05, 4.69) is 10.0 Å². The lowest BCUT2D eigenvalue weighted by molar-refractivity contribution is -0.118. The zero-order valence-corrected chi connectivity index (χ0v) is 20.7. The smallest absolute Gasteiger partial charge is 0.240 e. The van der Waals surface area contributed by atoms with E-state index in [1.165, 1.54) is 0 Å². The second kappa shape index (κ2) is 8.70. The lowest BCUT2D eigenvalue weighted by Crippen LogP contribution is -2.30. The number of amides is 1. The summed E-state index contributed by atoms with van der Waals surface area (Å²) >= 11 is 0. The van der Waals surface area contributed by atoms with Gasteiger partial charge in [-0.25, -0.2) is 13.1 Å². The average Bonchev–Trinajstić information content (AvgIpc) is 3.50. The summed E-state index contributed by atoms with van der Waals surface area (Å²) in [6.07, 6.45) is 1.55. The Bertz CT molecular complexity index is 1400. The molecule has 2 aliphatic rings. The van der Waals surface area contributed by atoms with Crippen LogP contribution in [0.4, 0.5) is 5.69 Å². The monoisotopic (exact) mass is 496 g/mol. The van der Waals surface area contributed by atoms with Gasteiger partial charge in [-0.15, -0.1) is 0 Å². The molecule has 8 heteroatoms. The number of hydrogen-bond donors (Lipinski definition) is 2. The Morgan fingerprint density at radius 3 is 2.37 bits per heavy atom. The van der Waals surface area contributed by atoms with Gasteiger partial charge in [0, 0.05) is 14.6 Å². The molecule has 1 heterocycles. The fourth-order valence-electron chi connectivity index (χ4n) is 4.42. The third-order valence-corrected chi connectivity index (χ3v) is 8.15. The predicted molar refractivity (Wildman–Crippen MR) is 138 cm³/mol. The number of carbonyl (C=O) groups excluding carboxylic acids is 1. The molecule has 3 aromatic carbocycles. The molecule has 0 atom stereocenters. The van der Waals surface area contributed by atoms with Crippen molar-refractivity contribution in [3.05, 3.63) is 71.8 Å². The quantitative estimate of drug-likeness (QED) is 0.467. The molecule has 0 radical (unpaired) electrons. The highest BCUT2D eigenvalue weighted by molar-refractivity contribution is 7.89. The lowest BCUT2D eigenvalue weighted by Gasteiger charge is -2.17. The van der Waals surface area contributed by atoms with Crippen molar-refractivity contribution in [2.75, 3.05) is 12.1 Å². The van der Waals surface area contributed by atoms with Crippen LogP contribution in [0.2, 0.25) is 0 Å². The first kappa shape index (κ1) is 23.4. The standard InChI is InChI=1S/C27H28N2O5S.2H2/c1-17(2)29-35(31,32)22-9-5-19(6-10-22)23-15-21(8-4-18(23)3)28-26(30)27(12-13-27)20-7-11-24-25(14-20)34-16-33-24;;/h4-11,14-15,17,29H,12-13,16H2,1-3H3,(H,28,30);2*1H. The van der Waals surface area contributed by atoms with E-state index in [4.69, 9.17) is 9.47 Å². The summed E-state index contributed by atoms with van der Waals surface area (Å²) in [5.41, 5.74) is 3.89. The molecule has 1 aliphatic carbocycles. The molecular weight excluding hydrogens is 464 g/mol. The molecule has 1 aliphatic heterocycles. The van der Waals surface area contributed by atoms with Gasteiger partial charge in [0.25, 0.3) is 0 Å². The summed E-state index contributed by atoms with van der Waals surface area (Å²) < 4.78 is 38.4. The fourth-order valence-corrected chi connectivity index (χ4v) is 5.67. The summed E-state index contributed by atoms with van der Waals surface area (Å²) in [4.78, 5) is 13.5. The Morgan fingerprint density at radius 2 is 1.69 bits per heavy atom. The molecular formula is C27H32N2O5S. The van der Waals surface area contributed by atoms with Crippen molar-refractivity contribution in [2.24, 2.45) is 0 Å². The van der Waals surface area contributed by atoms with Crippen molar-refractivity contribution < 1.29 is 25.5 Å². The molecule has 0 unspecified atom stereocenters. The van der Waals surface area contributed by atoms with E-state index in [1.54, 1.807) is 38.1 Å². The number of benzene rings is 3. The first-order chi connectivity index (χ1) is 16.7. The second-order valence-electron chi connectivity index (χ2n) is 9.43. The minimum Gasteiger partial charge on any atom is -0.454 e. The number of aryl methyl sites for hydroxylation is 1. The molecule has 186 valence electrons. The van der Waals surface area contributed by atoms with E-state index < -0.39 is 15.4 Å². The number of nitrogens with one attached hydrogen (secondary N) is 2. The number of ether oxygens (including phenoxy) is 2. The van der Waals surface area contributed by atoms with Crippen LogP contribution in [0.1, 0.15) is 40.7 Å². The van der Waals surface area contributed by atoms with Crippen LogP contribution < -0.4 is 19.5 Å². The normalized spacial score (nSPS) is 15.8. The zero-order chi connectivity index (χ0) is 24.8. The highest BCUT2D eigenvalue weighted by Crippen LogP contribution is 2.51. The molecule has 0 bridgehead atoms. The molecule has 3 aromatic rings.